The average molecular weight is 454 g/mol. The molecule has 7 nitrogen and oxygen atoms in total. The molecular formula is C24H24F2N4O3. The van der Waals surface area contributed by atoms with Gasteiger partial charge < -0.3 is 20.5 Å². The van der Waals surface area contributed by atoms with Gasteiger partial charge in [0.15, 0.2) is 5.82 Å². The molecule has 172 valence electrons. The number of para-hydroxylation sites is 1. The van der Waals surface area contributed by atoms with Crippen LogP contribution in [0, 0.1) is 6.92 Å². The Kier molecular flexibility index (Phi) is 5.88. The lowest BCUT2D eigenvalue weighted by atomic mass is 9.84. The summed E-state index contributed by atoms with van der Waals surface area (Å²) in [5.74, 6) is -4.42. The molecule has 2 aromatic carbocycles. The largest absolute Gasteiger partial charge is 0.507 e. The van der Waals surface area contributed by atoms with Crippen molar-refractivity contribution in [3.05, 3.63) is 65.2 Å². The minimum atomic E-state index is -2.94. The SMILES string of the molecule is COC(=O)c1ccc([C@@H]2CN(c3cc(-c4ccccc4O)nnc3N)CCC2(F)F)c(C)c1. The minimum Gasteiger partial charge on any atom is -0.507 e. The van der Waals surface area contributed by atoms with Crippen LogP contribution in [0.15, 0.2) is 48.5 Å². The number of aromatic hydroxyl groups is 1. The number of carbonyl (C=O) groups excluding carboxylic acids is 1. The Balaban J connectivity index is 1.69. The summed E-state index contributed by atoms with van der Waals surface area (Å²) in [6.07, 6.45) is -0.371. The van der Waals surface area contributed by atoms with Gasteiger partial charge in [-0.3, -0.25) is 0 Å². The normalized spacial score (nSPS) is 17.6. The highest BCUT2D eigenvalue weighted by molar-refractivity contribution is 5.89. The van der Waals surface area contributed by atoms with Gasteiger partial charge in [-0.2, -0.15) is 0 Å². The number of phenolic OH excluding ortho intramolecular Hbond substituents is 1. The van der Waals surface area contributed by atoms with Crippen LogP contribution in [0.5, 0.6) is 5.75 Å². The Hall–Kier alpha value is -3.75. The van der Waals surface area contributed by atoms with Crippen LogP contribution >= 0.6 is 0 Å². The van der Waals surface area contributed by atoms with Crippen LogP contribution in [0.25, 0.3) is 11.3 Å². The molecule has 3 aromatic rings. The smallest absolute Gasteiger partial charge is 0.337 e. The van der Waals surface area contributed by atoms with Crippen molar-refractivity contribution in [3.63, 3.8) is 0 Å². The summed E-state index contributed by atoms with van der Waals surface area (Å²) in [5, 5.41) is 18.2. The predicted molar refractivity (Wildman–Crippen MR) is 121 cm³/mol. The lowest BCUT2D eigenvalue weighted by Crippen LogP contribution is -2.46. The molecule has 0 amide bonds. The Bertz CT molecular complexity index is 1200. The molecule has 1 saturated heterocycles. The number of methoxy groups -OCH3 is 1. The van der Waals surface area contributed by atoms with Crippen LogP contribution in [0.4, 0.5) is 20.3 Å². The number of nitrogens with zero attached hydrogens (tertiary/aromatic N) is 3. The van der Waals surface area contributed by atoms with Gasteiger partial charge in [-0.15, -0.1) is 10.2 Å². The summed E-state index contributed by atoms with van der Waals surface area (Å²) in [6.45, 7) is 1.79. The summed E-state index contributed by atoms with van der Waals surface area (Å²) in [5.41, 5.74) is 8.76. The Morgan fingerprint density at radius 1 is 1.21 bits per heavy atom. The second-order valence-electron chi connectivity index (χ2n) is 8.09. The number of anilines is 2. The van der Waals surface area contributed by atoms with E-state index in [1.165, 1.54) is 19.2 Å². The van der Waals surface area contributed by atoms with Gasteiger partial charge in [0.05, 0.1) is 30.0 Å². The van der Waals surface area contributed by atoms with E-state index in [1.54, 1.807) is 48.2 Å². The molecule has 0 spiro atoms. The fraction of sp³-hybridized carbons (Fsp3) is 0.292. The maximum Gasteiger partial charge on any atom is 0.337 e. The molecule has 33 heavy (non-hydrogen) atoms. The average Bonchev–Trinajstić information content (AvgIpc) is 2.80. The maximum absolute atomic E-state index is 15.0. The number of phenols is 1. The summed E-state index contributed by atoms with van der Waals surface area (Å²) >= 11 is 0. The summed E-state index contributed by atoms with van der Waals surface area (Å²) in [4.78, 5) is 13.6. The third-order valence-electron chi connectivity index (χ3n) is 6.02. The van der Waals surface area contributed by atoms with Crippen molar-refractivity contribution in [3.8, 4) is 17.0 Å². The molecule has 0 bridgehead atoms. The van der Waals surface area contributed by atoms with Gasteiger partial charge in [-0.1, -0.05) is 18.2 Å². The quantitative estimate of drug-likeness (QED) is 0.571. The maximum atomic E-state index is 15.0. The van der Waals surface area contributed by atoms with Gasteiger partial charge in [0.2, 0.25) is 0 Å². The molecule has 1 aromatic heterocycles. The van der Waals surface area contributed by atoms with Crippen molar-refractivity contribution < 1.29 is 23.4 Å². The number of esters is 1. The van der Waals surface area contributed by atoms with Crippen LogP contribution in [-0.4, -0.2) is 47.4 Å². The van der Waals surface area contributed by atoms with Gasteiger partial charge in [-0.25, -0.2) is 13.6 Å². The van der Waals surface area contributed by atoms with Crippen LogP contribution in [0.3, 0.4) is 0 Å². The molecule has 4 rings (SSSR count). The first-order chi connectivity index (χ1) is 15.7. The van der Waals surface area contributed by atoms with E-state index in [0.717, 1.165) is 0 Å². The fourth-order valence-corrected chi connectivity index (χ4v) is 4.23. The molecular weight excluding hydrogens is 430 g/mol. The number of aryl methyl sites for hydroxylation is 1. The Labute approximate surface area is 189 Å². The molecule has 1 fully saturated rings. The Morgan fingerprint density at radius 3 is 2.67 bits per heavy atom. The first-order valence-corrected chi connectivity index (χ1v) is 10.4. The molecule has 0 aliphatic carbocycles. The lowest BCUT2D eigenvalue weighted by Gasteiger charge is -2.40. The Morgan fingerprint density at radius 2 is 1.97 bits per heavy atom. The van der Waals surface area contributed by atoms with Gasteiger partial charge in [0, 0.05) is 25.1 Å². The highest BCUT2D eigenvalue weighted by Gasteiger charge is 2.46. The summed E-state index contributed by atoms with van der Waals surface area (Å²) in [6, 6.07) is 13.0. The van der Waals surface area contributed by atoms with Crippen LogP contribution in [0.1, 0.15) is 33.8 Å². The molecule has 2 heterocycles. The van der Waals surface area contributed by atoms with E-state index in [4.69, 9.17) is 10.5 Å². The molecule has 0 unspecified atom stereocenters. The van der Waals surface area contributed by atoms with E-state index in [0.29, 0.717) is 33.6 Å². The lowest BCUT2D eigenvalue weighted by molar-refractivity contribution is -0.0425. The first kappa shape index (κ1) is 22.4. The number of ether oxygens (including phenoxy) is 1. The van der Waals surface area contributed by atoms with Gasteiger partial charge >= 0.3 is 5.97 Å². The van der Waals surface area contributed by atoms with Crippen molar-refractivity contribution in [2.75, 3.05) is 30.8 Å². The second-order valence-corrected chi connectivity index (χ2v) is 8.09. The fourth-order valence-electron chi connectivity index (χ4n) is 4.23. The van der Waals surface area contributed by atoms with Crippen LogP contribution in [-0.2, 0) is 4.74 Å². The van der Waals surface area contributed by atoms with E-state index >= 15 is 8.78 Å². The van der Waals surface area contributed by atoms with Crippen molar-refractivity contribution in [1.82, 2.24) is 10.2 Å². The zero-order chi connectivity index (χ0) is 23.8. The number of carbonyl (C=O) groups is 1. The number of hydrogen-bond acceptors (Lipinski definition) is 7. The molecule has 0 radical (unpaired) electrons. The molecule has 1 aliphatic rings. The zero-order valence-electron chi connectivity index (χ0n) is 18.3. The third kappa shape index (κ3) is 4.30. The van der Waals surface area contributed by atoms with Crippen LogP contribution in [0.2, 0.25) is 0 Å². The number of halogens is 2. The highest BCUT2D eigenvalue weighted by Crippen LogP contribution is 2.43. The molecule has 3 N–H and O–H groups in total. The topological polar surface area (TPSA) is 102 Å². The van der Waals surface area contributed by atoms with E-state index in [2.05, 4.69) is 10.2 Å². The van der Waals surface area contributed by atoms with E-state index in [-0.39, 0.29) is 31.1 Å². The predicted octanol–water partition coefficient (Wildman–Crippen LogP) is 4.16. The summed E-state index contributed by atoms with van der Waals surface area (Å²) < 4.78 is 34.8. The molecule has 0 saturated carbocycles. The van der Waals surface area contributed by atoms with Gasteiger partial charge in [0.1, 0.15) is 5.75 Å². The van der Waals surface area contributed by atoms with E-state index in [9.17, 15) is 9.90 Å². The first-order valence-electron chi connectivity index (χ1n) is 10.4. The molecule has 1 aliphatic heterocycles. The minimum absolute atomic E-state index is 0.00150. The van der Waals surface area contributed by atoms with Gasteiger partial charge in [0.25, 0.3) is 5.92 Å². The number of piperidine rings is 1. The number of rotatable bonds is 4. The number of nitrogen functional groups attached to an aromatic ring is 1. The molecule has 1 atom stereocenters. The second kappa shape index (κ2) is 8.65. The van der Waals surface area contributed by atoms with Gasteiger partial charge in [-0.05, 0) is 48.4 Å². The number of aromatic nitrogens is 2. The van der Waals surface area contributed by atoms with Crippen molar-refractivity contribution in [1.29, 1.82) is 0 Å². The third-order valence-corrected chi connectivity index (χ3v) is 6.02. The standard InChI is InChI=1S/C24H24F2N4O3/c1-14-11-15(23(32)33-2)7-8-16(14)18-13-30(10-9-24(18,25)26)20-12-19(28-29-22(20)27)17-5-3-4-6-21(17)31/h3-8,11-12,18,31H,9-10,13H2,1-2H3,(H2,27,29)/t18-/m0/s1. The van der Waals surface area contributed by atoms with Crippen LogP contribution < -0.4 is 10.6 Å². The van der Waals surface area contributed by atoms with Crippen molar-refractivity contribution in [2.24, 2.45) is 0 Å². The number of benzene rings is 2. The zero-order valence-corrected chi connectivity index (χ0v) is 18.3. The summed E-state index contributed by atoms with van der Waals surface area (Å²) in [7, 11) is 1.27. The van der Waals surface area contributed by atoms with Crippen molar-refractivity contribution >= 4 is 17.5 Å². The van der Waals surface area contributed by atoms with E-state index < -0.39 is 17.8 Å². The highest BCUT2D eigenvalue weighted by atomic mass is 19.3. The molecule has 9 heteroatoms. The monoisotopic (exact) mass is 454 g/mol. The number of hydrogen-bond donors (Lipinski definition) is 2. The number of nitrogens with two attached hydrogens (primary N) is 1. The number of alkyl halides is 2. The van der Waals surface area contributed by atoms with Crippen molar-refractivity contribution in [2.45, 2.75) is 25.2 Å². The van der Waals surface area contributed by atoms with E-state index in [1.807, 2.05) is 0 Å².